The fourth-order valence-corrected chi connectivity index (χ4v) is 6.64. The summed E-state index contributed by atoms with van der Waals surface area (Å²) in [6, 6.07) is 13.0. The van der Waals surface area contributed by atoms with Crippen molar-refractivity contribution in [2.75, 3.05) is 44.2 Å². The Morgan fingerprint density at radius 2 is 1.66 bits per heavy atom. The number of carbonyl (C=O) groups is 1. The molecule has 3 heterocycles. The van der Waals surface area contributed by atoms with E-state index >= 15 is 0 Å². The van der Waals surface area contributed by atoms with Gasteiger partial charge in [0.2, 0.25) is 15.9 Å². The highest BCUT2D eigenvalue weighted by Crippen LogP contribution is 2.35. The highest BCUT2D eigenvalue weighted by atomic mass is 32.2. The number of benzene rings is 2. The Hall–Kier alpha value is -3.38. The van der Waals surface area contributed by atoms with Gasteiger partial charge in [0.1, 0.15) is 11.4 Å². The molecule has 2 saturated heterocycles. The van der Waals surface area contributed by atoms with Gasteiger partial charge in [0.15, 0.2) is 0 Å². The first kappa shape index (κ1) is 26.2. The van der Waals surface area contributed by atoms with E-state index in [0.29, 0.717) is 56.6 Å². The summed E-state index contributed by atoms with van der Waals surface area (Å²) in [5, 5.41) is 10.1. The number of anilines is 1. The molecule has 1 aromatic heterocycles. The van der Waals surface area contributed by atoms with Crippen LogP contribution in [0.4, 0.5) is 18.9 Å². The molecule has 2 aliphatic heterocycles. The standard InChI is InChI=1S/C26H27F3N4O4S/c27-26(28,29)24-16-23(21-5-1-2-6-22(21)30-24)31-12-14-32(15-13-31)25(35)18-4-3-11-33(17-18)38(36,37)20-9-7-19(34)8-10-20/h1-2,5-10,16,18,34H,3-4,11-15,17H2/t18-/m0/s1. The Labute approximate surface area is 218 Å². The Kier molecular flexibility index (Phi) is 6.95. The van der Waals surface area contributed by atoms with Gasteiger partial charge in [0.25, 0.3) is 0 Å². The lowest BCUT2D eigenvalue weighted by Crippen LogP contribution is -2.53. The number of aromatic hydroxyl groups is 1. The number of nitrogens with zero attached hydrogens (tertiary/aromatic N) is 4. The van der Waals surface area contributed by atoms with Gasteiger partial charge in [-0.1, -0.05) is 18.2 Å². The SMILES string of the molecule is O=C([C@H]1CCCN(S(=O)(=O)c2ccc(O)cc2)C1)N1CCN(c2cc(C(F)(F)F)nc3ccccc23)CC1. The first-order chi connectivity index (χ1) is 18.0. The van der Waals surface area contributed by atoms with Crippen molar-refractivity contribution in [2.24, 2.45) is 5.92 Å². The maximum atomic E-state index is 13.5. The molecule has 0 unspecified atom stereocenters. The van der Waals surface area contributed by atoms with Crippen molar-refractivity contribution < 1.29 is 31.5 Å². The monoisotopic (exact) mass is 548 g/mol. The summed E-state index contributed by atoms with van der Waals surface area (Å²) in [5.41, 5.74) is -0.270. The highest BCUT2D eigenvalue weighted by molar-refractivity contribution is 7.89. The van der Waals surface area contributed by atoms with E-state index < -0.39 is 27.8 Å². The molecule has 202 valence electrons. The van der Waals surface area contributed by atoms with Gasteiger partial charge in [-0.25, -0.2) is 13.4 Å². The summed E-state index contributed by atoms with van der Waals surface area (Å²) >= 11 is 0. The average Bonchev–Trinajstić information content (AvgIpc) is 2.92. The predicted molar refractivity (Wildman–Crippen MR) is 135 cm³/mol. The van der Waals surface area contributed by atoms with Gasteiger partial charge in [0.05, 0.1) is 16.3 Å². The number of pyridine rings is 1. The lowest BCUT2D eigenvalue weighted by atomic mass is 9.97. The molecule has 2 aliphatic rings. The van der Waals surface area contributed by atoms with Crippen LogP contribution < -0.4 is 4.90 Å². The second-order valence-electron chi connectivity index (χ2n) is 9.55. The number of aromatic nitrogens is 1. The van der Waals surface area contributed by atoms with Gasteiger partial charge < -0.3 is 14.9 Å². The van der Waals surface area contributed by atoms with Crippen LogP contribution in [0.2, 0.25) is 0 Å². The summed E-state index contributed by atoms with van der Waals surface area (Å²) in [7, 11) is -3.81. The first-order valence-electron chi connectivity index (χ1n) is 12.3. The van der Waals surface area contributed by atoms with E-state index in [1.54, 1.807) is 29.2 Å². The van der Waals surface area contributed by atoms with E-state index in [2.05, 4.69) is 4.98 Å². The van der Waals surface area contributed by atoms with Crippen molar-refractivity contribution in [3.05, 3.63) is 60.3 Å². The predicted octanol–water partition coefficient (Wildman–Crippen LogP) is 3.71. The molecule has 38 heavy (non-hydrogen) atoms. The van der Waals surface area contributed by atoms with Crippen LogP contribution in [-0.2, 0) is 21.0 Å². The molecule has 0 spiro atoms. The molecule has 5 rings (SSSR count). The summed E-state index contributed by atoms with van der Waals surface area (Å²) < 4.78 is 67.9. The number of hydrogen-bond acceptors (Lipinski definition) is 6. The summed E-state index contributed by atoms with van der Waals surface area (Å²) in [6.07, 6.45) is -3.48. The van der Waals surface area contributed by atoms with Crippen molar-refractivity contribution in [3.8, 4) is 5.75 Å². The first-order valence-corrected chi connectivity index (χ1v) is 13.8. The number of fused-ring (bicyclic) bond motifs is 1. The molecule has 1 N–H and O–H groups in total. The third kappa shape index (κ3) is 5.14. The lowest BCUT2D eigenvalue weighted by molar-refractivity contribution is -0.141. The molecule has 2 fully saturated rings. The van der Waals surface area contributed by atoms with Crippen molar-refractivity contribution in [1.82, 2.24) is 14.2 Å². The molecule has 0 aliphatic carbocycles. The molecular formula is C26H27F3N4O4S. The zero-order valence-corrected chi connectivity index (χ0v) is 21.2. The van der Waals surface area contributed by atoms with Crippen molar-refractivity contribution in [3.63, 3.8) is 0 Å². The number of rotatable bonds is 4. The normalized spacial score (nSPS) is 19.6. The zero-order valence-electron chi connectivity index (χ0n) is 20.4. The number of para-hydroxylation sites is 1. The van der Waals surface area contributed by atoms with E-state index in [-0.39, 0.29) is 28.6 Å². The number of phenolic OH excluding ortho intramolecular Hbond substituents is 1. The maximum Gasteiger partial charge on any atom is 0.433 e. The van der Waals surface area contributed by atoms with Crippen LogP contribution in [0.3, 0.4) is 0 Å². The van der Waals surface area contributed by atoms with Crippen LogP contribution in [0.25, 0.3) is 10.9 Å². The number of sulfonamides is 1. The zero-order chi connectivity index (χ0) is 27.1. The molecule has 0 bridgehead atoms. The van der Waals surface area contributed by atoms with Crippen LogP contribution in [-0.4, -0.2) is 72.9 Å². The minimum atomic E-state index is -4.58. The third-order valence-electron chi connectivity index (χ3n) is 7.12. The summed E-state index contributed by atoms with van der Waals surface area (Å²) in [5.74, 6) is -0.684. The van der Waals surface area contributed by atoms with Gasteiger partial charge in [-0.05, 0) is 49.2 Å². The minimum absolute atomic E-state index is 0.0378. The molecule has 8 nitrogen and oxygen atoms in total. The molecule has 0 saturated carbocycles. The van der Waals surface area contributed by atoms with E-state index in [0.717, 1.165) is 6.07 Å². The van der Waals surface area contributed by atoms with Crippen LogP contribution in [0.5, 0.6) is 5.75 Å². The maximum absolute atomic E-state index is 13.5. The number of hydrogen-bond donors (Lipinski definition) is 1. The highest BCUT2D eigenvalue weighted by Gasteiger charge is 2.37. The Morgan fingerprint density at radius 1 is 0.974 bits per heavy atom. The average molecular weight is 549 g/mol. The minimum Gasteiger partial charge on any atom is -0.508 e. The molecular weight excluding hydrogens is 521 g/mol. The second-order valence-corrected chi connectivity index (χ2v) is 11.5. The van der Waals surface area contributed by atoms with Gasteiger partial charge in [-0.15, -0.1) is 0 Å². The topological polar surface area (TPSA) is 94.0 Å². The quantitative estimate of drug-likeness (QED) is 0.535. The largest absolute Gasteiger partial charge is 0.508 e. The fourth-order valence-electron chi connectivity index (χ4n) is 5.12. The van der Waals surface area contributed by atoms with E-state index in [1.165, 1.54) is 28.6 Å². The number of halogens is 3. The number of carbonyl (C=O) groups excluding carboxylic acids is 1. The summed E-state index contributed by atoms with van der Waals surface area (Å²) in [4.78, 5) is 20.7. The molecule has 12 heteroatoms. The van der Waals surface area contributed by atoms with E-state index in [1.807, 2.05) is 4.90 Å². The third-order valence-corrected chi connectivity index (χ3v) is 9.00. The van der Waals surface area contributed by atoms with Crippen LogP contribution >= 0.6 is 0 Å². The Balaban J connectivity index is 1.28. The van der Waals surface area contributed by atoms with Crippen molar-refractivity contribution in [1.29, 1.82) is 0 Å². The molecule has 2 aromatic carbocycles. The van der Waals surface area contributed by atoms with Crippen LogP contribution in [0.15, 0.2) is 59.5 Å². The van der Waals surface area contributed by atoms with Gasteiger partial charge in [-0.2, -0.15) is 17.5 Å². The molecule has 0 radical (unpaired) electrons. The molecule has 1 atom stereocenters. The number of phenols is 1. The van der Waals surface area contributed by atoms with E-state index in [9.17, 15) is 31.5 Å². The number of piperazine rings is 1. The fraction of sp³-hybridized carbons (Fsp3) is 0.385. The summed E-state index contributed by atoms with van der Waals surface area (Å²) in [6.45, 7) is 1.69. The Morgan fingerprint density at radius 3 is 2.34 bits per heavy atom. The number of amides is 1. The number of piperidine rings is 1. The van der Waals surface area contributed by atoms with E-state index in [4.69, 9.17) is 0 Å². The molecule has 1 amide bonds. The van der Waals surface area contributed by atoms with Crippen LogP contribution in [0, 0.1) is 5.92 Å². The van der Waals surface area contributed by atoms with Crippen molar-refractivity contribution >= 4 is 32.5 Å². The second kappa shape index (κ2) is 10.1. The lowest BCUT2D eigenvalue weighted by Gasteiger charge is -2.39. The van der Waals surface area contributed by atoms with Gasteiger partial charge in [-0.3, -0.25) is 4.79 Å². The van der Waals surface area contributed by atoms with Gasteiger partial charge >= 0.3 is 6.18 Å². The number of alkyl halides is 3. The molecule has 3 aromatic rings. The smallest absolute Gasteiger partial charge is 0.433 e. The van der Waals surface area contributed by atoms with Gasteiger partial charge in [0, 0.05) is 50.3 Å². The van der Waals surface area contributed by atoms with Crippen LogP contribution in [0.1, 0.15) is 18.5 Å². The Bertz CT molecular complexity index is 1440. The van der Waals surface area contributed by atoms with Crippen molar-refractivity contribution in [2.45, 2.75) is 23.9 Å².